The number of fused-ring (bicyclic) bond motifs is 1. The van der Waals surface area contributed by atoms with Crippen molar-refractivity contribution in [1.29, 1.82) is 5.41 Å². The minimum absolute atomic E-state index is 0.00925. The molecule has 0 amide bonds. The van der Waals surface area contributed by atoms with Crippen molar-refractivity contribution in [3.05, 3.63) is 53.3 Å². The molecule has 1 aliphatic rings. The Labute approximate surface area is 160 Å². The van der Waals surface area contributed by atoms with E-state index >= 15 is 0 Å². The molecule has 0 radical (unpaired) electrons. The summed E-state index contributed by atoms with van der Waals surface area (Å²) in [6.45, 7) is 3.09. The van der Waals surface area contributed by atoms with Gasteiger partial charge < -0.3 is 5.32 Å². The molecule has 27 heavy (non-hydrogen) atoms. The molecule has 3 aromatic rings. The van der Waals surface area contributed by atoms with Crippen LogP contribution in [0.5, 0.6) is 0 Å². The van der Waals surface area contributed by atoms with E-state index in [0.717, 1.165) is 21.3 Å². The van der Waals surface area contributed by atoms with Gasteiger partial charge in [0, 0.05) is 0 Å². The molecule has 1 saturated heterocycles. The molecule has 1 atom stereocenters. The van der Waals surface area contributed by atoms with Crippen molar-refractivity contribution in [3.8, 4) is 11.1 Å². The normalized spacial score (nSPS) is 21.1. The summed E-state index contributed by atoms with van der Waals surface area (Å²) in [5, 5.41) is 11.7. The Balaban J connectivity index is 1.70. The third kappa shape index (κ3) is 3.02. The first-order chi connectivity index (χ1) is 12.7. The van der Waals surface area contributed by atoms with Crippen LogP contribution in [0.15, 0.2) is 42.5 Å². The van der Waals surface area contributed by atoms with Gasteiger partial charge in [0.05, 0.1) is 22.0 Å². The molecule has 140 valence electrons. The van der Waals surface area contributed by atoms with Crippen LogP contribution in [0.2, 0.25) is 0 Å². The van der Waals surface area contributed by atoms with E-state index in [2.05, 4.69) is 10.3 Å². The zero-order chi connectivity index (χ0) is 19.4. The molecule has 1 aromatic heterocycles. The average molecular weight is 404 g/mol. The number of amidine groups is 1. The molecule has 2 N–H and O–H groups in total. The lowest BCUT2D eigenvalue weighted by molar-refractivity contribution is 0.542. The van der Waals surface area contributed by atoms with Gasteiger partial charge in [-0.3, -0.25) is 5.41 Å². The number of sulfone groups is 1. The predicted octanol–water partition coefficient (Wildman–Crippen LogP) is 3.92. The summed E-state index contributed by atoms with van der Waals surface area (Å²) < 4.78 is 37.9. The van der Waals surface area contributed by atoms with Crippen molar-refractivity contribution < 1.29 is 12.8 Å². The number of aromatic nitrogens is 1. The van der Waals surface area contributed by atoms with Crippen molar-refractivity contribution in [3.63, 3.8) is 0 Å². The Morgan fingerprint density at radius 3 is 2.52 bits per heavy atom. The quantitative estimate of drug-likeness (QED) is 0.679. The highest BCUT2D eigenvalue weighted by molar-refractivity contribution is 7.93. The SMILES string of the molecule is CC1(C)C(=N)NC(c2nc3ccc(-c4ccc(F)cc4)cc3s2)CS1(=O)=O. The molecule has 1 unspecified atom stereocenters. The molecule has 1 fully saturated rings. The molecular formula is C19H18FN3O2S2. The first kappa shape index (κ1) is 18.1. The Kier molecular flexibility index (Phi) is 4.08. The summed E-state index contributed by atoms with van der Waals surface area (Å²) in [6.07, 6.45) is 0. The van der Waals surface area contributed by atoms with Crippen LogP contribution >= 0.6 is 11.3 Å². The van der Waals surface area contributed by atoms with Gasteiger partial charge in [-0.05, 0) is 49.2 Å². The molecule has 4 rings (SSSR count). The number of hydrogen-bond acceptors (Lipinski definition) is 5. The van der Waals surface area contributed by atoms with E-state index in [0.29, 0.717) is 5.01 Å². The predicted molar refractivity (Wildman–Crippen MR) is 106 cm³/mol. The van der Waals surface area contributed by atoms with Crippen LogP contribution in [0.4, 0.5) is 4.39 Å². The molecular weight excluding hydrogens is 385 g/mol. The number of benzene rings is 2. The highest BCUT2D eigenvalue weighted by atomic mass is 32.2. The van der Waals surface area contributed by atoms with Gasteiger partial charge in [0.25, 0.3) is 0 Å². The van der Waals surface area contributed by atoms with Crippen LogP contribution in [0.1, 0.15) is 24.9 Å². The molecule has 2 heterocycles. The Bertz CT molecular complexity index is 1150. The average Bonchev–Trinajstić information content (AvgIpc) is 3.03. The minimum atomic E-state index is -3.46. The first-order valence-electron chi connectivity index (χ1n) is 8.42. The number of rotatable bonds is 2. The first-order valence-corrected chi connectivity index (χ1v) is 10.9. The fourth-order valence-electron chi connectivity index (χ4n) is 3.02. The Hall–Kier alpha value is -2.32. The lowest BCUT2D eigenvalue weighted by atomic mass is 10.1. The van der Waals surface area contributed by atoms with Gasteiger partial charge in [-0.25, -0.2) is 17.8 Å². The number of halogens is 1. The van der Waals surface area contributed by atoms with Crippen LogP contribution in [0.3, 0.4) is 0 Å². The Morgan fingerprint density at radius 1 is 1.19 bits per heavy atom. The largest absolute Gasteiger partial charge is 0.362 e. The van der Waals surface area contributed by atoms with Gasteiger partial charge in [-0.2, -0.15) is 0 Å². The smallest absolute Gasteiger partial charge is 0.165 e. The lowest BCUT2D eigenvalue weighted by Crippen LogP contribution is -2.56. The van der Waals surface area contributed by atoms with E-state index in [1.165, 1.54) is 23.5 Å². The summed E-state index contributed by atoms with van der Waals surface area (Å²) in [6, 6.07) is 11.5. The van der Waals surface area contributed by atoms with E-state index in [1.807, 2.05) is 18.2 Å². The monoisotopic (exact) mass is 403 g/mol. The number of hydrogen-bond donors (Lipinski definition) is 2. The van der Waals surface area contributed by atoms with E-state index in [9.17, 15) is 12.8 Å². The van der Waals surface area contributed by atoms with E-state index < -0.39 is 20.6 Å². The lowest BCUT2D eigenvalue weighted by Gasteiger charge is -2.35. The molecule has 8 heteroatoms. The zero-order valence-electron chi connectivity index (χ0n) is 14.8. The van der Waals surface area contributed by atoms with Crippen molar-refractivity contribution in [2.75, 3.05) is 5.75 Å². The maximum atomic E-state index is 13.1. The molecule has 2 aromatic carbocycles. The van der Waals surface area contributed by atoms with E-state index in [4.69, 9.17) is 5.41 Å². The van der Waals surface area contributed by atoms with Crippen molar-refractivity contribution in [2.24, 2.45) is 0 Å². The third-order valence-electron chi connectivity index (χ3n) is 4.96. The van der Waals surface area contributed by atoms with Gasteiger partial charge in [0.1, 0.15) is 21.4 Å². The second-order valence-electron chi connectivity index (χ2n) is 7.11. The fourth-order valence-corrected chi connectivity index (χ4v) is 5.65. The van der Waals surface area contributed by atoms with E-state index in [-0.39, 0.29) is 17.4 Å². The van der Waals surface area contributed by atoms with E-state index in [1.54, 1.807) is 26.0 Å². The highest BCUT2D eigenvalue weighted by Gasteiger charge is 2.46. The summed E-state index contributed by atoms with van der Waals surface area (Å²) >= 11 is 1.41. The second kappa shape index (κ2) is 6.10. The van der Waals surface area contributed by atoms with Gasteiger partial charge in [0.2, 0.25) is 0 Å². The molecule has 5 nitrogen and oxygen atoms in total. The maximum Gasteiger partial charge on any atom is 0.165 e. The summed E-state index contributed by atoms with van der Waals surface area (Å²) in [5.41, 5.74) is 2.61. The fraction of sp³-hybridized carbons (Fsp3) is 0.263. The standard InChI is InChI=1S/C19H18FN3O2S2/c1-19(2)18(21)23-15(10-27(19,24)25)17-22-14-8-5-12(9-16(14)26-17)11-3-6-13(20)7-4-11/h3-9,15H,10H2,1-2H3,(H2,21,23). The number of nitrogens with one attached hydrogen (secondary N) is 2. The summed E-state index contributed by atoms with van der Waals surface area (Å²) in [5.74, 6) is -0.382. The third-order valence-corrected chi connectivity index (χ3v) is 8.63. The van der Waals surface area contributed by atoms with Crippen molar-refractivity contribution >= 4 is 37.2 Å². The second-order valence-corrected chi connectivity index (χ2v) is 10.8. The number of thiazole rings is 1. The highest BCUT2D eigenvalue weighted by Crippen LogP contribution is 2.35. The molecule has 0 aliphatic carbocycles. The molecule has 0 spiro atoms. The number of nitrogens with zero attached hydrogens (tertiary/aromatic N) is 1. The van der Waals surface area contributed by atoms with Gasteiger partial charge >= 0.3 is 0 Å². The van der Waals surface area contributed by atoms with Crippen LogP contribution in [-0.2, 0) is 9.84 Å². The van der Waals surface area contributed by atoms with Crippen molar-refractivity contribution in [2.45, 2.75) is 24.6 Å². The summed E-state index contributed by atoms with van der Waals surface area (Å²) in [4.78, 5) is 4.57. The molecule has 1 aliphatic heterocycles. The van der Waals surface area contributed by atoms with Gasteiger partial charge in [-0.15, -0.1) is 11.3 Å². The minimum Gasteiger partial charge on any atom is -0.362 e. The Morgan fingerprint density at radius 2 is 1.85 bits per heavy atom. The van der Waals surface area contributed by atoms with Crippen LogP contribution < -0.4 is 5.32 Å². The van der Waals surface area contributed by atoms with Crippen molar-refractivity contribution in [1.82, 2.24) is 10.3 Å². The van der Waals surface area contributed by atoms with Crippen LogP contribution in [-0.4, -0.2) is 29.7 Å². The van der Waals surface area contributed by atoms with Gasteiger partial charge in [-0.1, -0.05) is 18.2 Å². The van der Waals surface area contributed by atoms with Gasteiger partial charge in [0.15, 0.2) is 9.84 Å². The topological polar surface area (TPSA) is 82.9 Å². The summed E-state index contributed by atoms with van der Waals surface area (Å²) in [7, 11) is -3.46. The maximum absolute atomic E-state index is 13.1. The van der Waals surface area contributed by atoms with Crippen LogP contribution in [0.25, 0.3) is 21.3 Å². The van der Waals surface area contributed by atoms with Crippen LogP contribution in [0, 0.1) is 11.2 Å². The molecule has 0 bridgehead atoms. The zero-order valence-corrected chi connectivity index (χ0v) is 16.4. The molecule has 0 saturated carbocycles.